The number of hydrogen-bond donors (Lipinski definition) is 2. The van der Waals surface area contributed by atoms with Gasteiger partial charge in [-0.25, -0.2) is 4.99 Å². The fourth-order valence-electron chi connectivity index (χ4n) is 2.36. The predicted octanol–water partition coefficient (Wildman–Crippen LogP) is 3.69. The fourth-order valence-corrected chi connectivity index (χ4v) is 2.61. The van der Waals surface area contributed by atoms with E-state index in [9.17, 15) is 0 Å². The highest BCUT2D eigenvalue weighted by Crippen LogP contribution is 2.36. The van der Waals surface area contributed by atoms with E-state index in [1.165, 1.54) is 0 Å². The summed E-state index contributed by atoms with van der Waals surface area (Å²) in [5.74, 6) is 0.449. The van der Waals surface area contributed by atoms with Crippen molar-refractivity contribution in [2.45, 2.75) is 12.1 Å². The largest absolute Gasteiger partial charge is 0.370 e. The number of halogens is 2. The van der Waals surface area contributed by atoms with Crippen molar-refractivity contribution in [2.24, 2.45) is 10.7 Å². The molecule has 1 aliphatic rings. The first-order valence-electron chi connectivity index (χ1n) is 6.24. The lowest BCUT2D eigenvalue weighted by molar-refractivity contribution is 0.572. The van der Waals surface area contributed by atoms with Crippen LogP contribution in [0, 0.1) is 0 Å². The summed E-state index contributed by atoms with van der Waals surface area (Å²) >= 11 is 11.9. The zero-order valence-corrected chi connectivity index (χ0v) is 12.1. The van der Waals surface area contributed by atoms with Crippen molar-refractivity contribution in [3.8, 4) is 0 Å². The summed E-state index contributed by atoms with van der Waals surface area (Å²) in [7, 11) is 0. The molecule has 5 heteroatoms. The van der Waals surface area contributed by atoms with Crippen molar-refractivity contribution < 1.29 is 0 Å². The predicted molar refractivity (Wildman–Crippen MR) is 83.1 cm³/mol. The van der Waals surface area contributed by atoms with Crippen molar-refractivity contribution in [1.82, 2.24) is 5.32 Å². The third kappa shape index (κ3) is 2.60. The standard InChI is InChI=1S/C15H13Cl2N3/c16-11-5-1-9(2-6-11)13-14(20-15(18)19-13)10-3-7-12(17)8-4-10/h1-8,13-14H,(H3,18,19,20)/t13-,14-/m1/s1. The summed E-state index contributed by atoms with van der Waals surface area (Å²) in [6.45, 7) is 0. The molecule has 0 saturated heterocycles. The Kier molecular flexibility index (Phi) is 3.55. The first-order valence-corrected chi connectivity index (χ1v) is 7.00. The van der Waals surface area contributed by atoms with Crippen molar-refractivity contribution in [1.29, 1.82) is 0 Å². The molecule has 0 aliphatic carbocycles. The van der Waals surface area contributed by atoms with Crippen LogP contribution in [0.5, 0.6) is 0 Å². The molecule has 20 heavy (non-hydrogen) atoms. The maximum Gasteiger partial charge on any atom is 0.189 e. The van der Waals surface area contributed by atoms with Crippen LogP contribution >= 0.6 is 23.2 Å². The van der Waals surface area contributed by atoms with Crippen LogP contribution in [0.15, 0.2) is 53.5 Å². The molecule has 2 aromatic carbocycles. The van der Waals surface area contributed by atoms with E-state index in [1.54, 1.807) is 0 Å². The van der Waals surface area contributed by atoms with Gasteiger partial charge in [-0.1, -0.05) is 47.5 Å². The van der Waals surface area contributed by atoms with Gasteiger partial charge in [0.15, 0.2) is 5.96 Å². The maximum absolute atomic E-state index is 5.93. The maximum atomic E-state index is 5.93. The molecule has 0 spiro atoms. The molecule has 0 unspecified atom stereocenters. The summed E-state index contributed by atoms with van der Waals surface area (Å²) in [5, 5.41) is 4.62. The first-order chi connectivity index (χ1) is 9.63. The zero-order valence-electron chi connectivity index (χ0n) is 10.6. The van der Waals surface area contributed by atoms with Crippen molar-refractivity contribution >= 4 is 29.2 Å². The number of nitrogens with one attached hydrogen (secondary N) is 1. The quantitative estimate of drug-likeness (QED) is 0.889. The average molecular weight is 306 g/mol. The highest BCUT2D eigenvalue weighted by Gasteiger charge is 2.30. The molecule has 1 heterocycles. The Morgan fingerprint density at radius 2 is 1.35 bits per heavy atom. The second kappa shape index (κ2) is 5.35. The first kappa shape index (κ1) is 13.3. The lowest BCUT2D eigenvalue weighted by Gasteiger charge is -2.19. The molecule has 2 aromatic rings. The van der Waals surface area contributed by atoms with Crippen LogP contribution in [0.2, 0.25) is 10.0 Å². The molecular weight excluding hydrogens is 293 g/mol. The van der Waals surface area contributed by atoms with Crippen molar-refractivity contribution in [2.75, 3.05) is 0 Å². The van der Waals surface area contributed by atoms with Gasteiger partial charge >= 0.3 is 0 Å². The van der Waals surface area contributed by atoms with Gasteiger partial charge in [0.2, 0.25) is 0 Å². The molecule has 0 amide bonds. The Hall–Kier alpha value is -1.71. The molecule has 0 bridgehead atoms. The minimum atomic E-state index is -0.0616. The van der Waals surface area contributed by atoms with Crippen molar-refractivity contribution in [3.63, 3.8) is 0 Å². The van der Waals surface area contributed by atoms with E-state index in [-0.39, 0.29) is 12.1 Å². The van der Waals surface area contributed by atoms with E-state index in [4.69, 9.17) is 28.9 Å². The Bertz CT molecular complexity index is 635. The van der Waals surface area contributed by atoms with Crippen LogP contribution < -0.4 is 11.1 Å². The van der Waals surface area contributed by atoms with E-state index in [0.29, 0.717) is 16.0 Å². The topological polar surface area (TPSA) is 50.4 Å². The second-order valence-corrected chi connectivity index (χ2v) is 5.56. The summed E-state index contributed by atoms with van der Waals surface area (Å²) in [4.78, 5) is 4.48. The van der Waals surface area contributed by atoms with Gasteiger partial charge in [-0.05, 0) is 35.4 Å². The van der Waals surface area contributed by atoms with Crippen LogP contribution in [-0.2, 0) is 0 Å². The summed E-state index contributed by atoms with van der Waals surface area (Å²) in [5.41, 5.74) is 8.00. The monoisotopic (exact) mass is 305 g/mol. The molecular formula is C15H13Cl2N3. The van der Waals surface area contributed by atoms with Crippen LogP contribution in [0.3, 0.4) is 0 Å². The third-order valence-corrected chi connectivity index (χ3v) is 3.84. The summed E-state index contributed by atoms with van der Waals surface area (Å²) in [6, 6.07) is 15.3. The van der Waals surface area contributed by atoms with Crippen LogP contribution in [-0.4, -0.2) is 5.96 Å². The molecule has 3 N–H and O–H groups in total. The fraction of sp³-hybridized carbons (Fsp3) is 0.133. The van der Waals surface area contributed by atoms with Gasteiger partial charge in [0, 0.05) is 10.0 Å². The molecule has 0 aromatic heterocycles. The van der Waals surface area contributed by atoms with E-state index >= 15 is 0 Å². The average Bonchev–Trinajstić information content (AvgIpc) is 2.82. The van der Waals surface area contributed by atoms with E-state index < -0.39 is 0 Å². The molecule has 0 saturated carbocycles. The molecule has 0 radical (unpaired) electrons. The molecule has 1 aliphatic heterocycles. The SMILES string of the molecule is NC1=N[C@H](c2ccc(Cl)cc2)[C@@H](c2ccc(Cl)cc2)N1. The number of benzene rings is 2. The summed E-state index contributed by atoms with van der Waals surface area (Å²) < 4.78 is 0. The van der Waals surface area contributed by atoms with Gasteiger partial charge in [-0.2, -0.15) is 0 Å². The van der Waals surface area contributed by atoms with E-state index in [2.05, 4.69) is 10.3 Å². The van der Waals surface area contributed by atoms with E-state index in [0.717, 1.165) is 11.1 Å². The summed E-state index contributed by atoms with van der Waals surface area (Å²) in [6.07, 6.45) is 0. The van der Waals surface area contributed by atoms with Crippen LogP contribution in [0.4, 0.5) is 0 Å². The zero-order chi connectivity index (χ0) is 14.1. The smallest absolute Gasteiger partial charge is 0.189 e. The van der Waals surface area contributed by atoms with E-state index in [1.807, 2.05) is 48.5 Å². The lowest BCUT2D eigenvalue weighted by atomic mass is 9.95. The molecule has 0 fully saturated rings. The molecule has 3 rings (SSSR count). The number of hydrogen-bond acceptors (Lipinski definition) is 3. The molecule has 102 valence electrons. The number of guanidine groups is 1. The van der Waals surface area contributed by atoms with Gasteiger partial charge in [-0.15, -0.1) is 0 Å². The highest BCUT2D eigenvalue weighted by molar-refractivity contribution is 6.30. The van der Waals surface area contributed by atoms with Crippen LogP contribution in [0.1, 0.15) is 23.2 Å². The van der Waals surface area contributed by atoms with Crippen molar-refractivity contribution in [3.05, 3.63) is 69.7 Å². The third-order valence-electron chi connectivity index (χ3n) is 3.34. The molecule has 2 atom stereocenters. The van der Waals surface area contributed by atoms with Gasteiger partial charge in [0.25, 0.3) is 0 Å². The van der Waals surface area contributed by atoms with Gasteiger partial charge in [-0.3, -0.25) is 0 Å². The Morgan fingerprint density at radius 1 is 0.850 bits per heavy atom. The number of aliphatic imine (C=N–C) groups is 1. The van der Waals surface area contributed by atoms with Gasteiger partial charge in [0.05, 0.1) is 6.04 Å². The van der Waals surface area contributed by atoms with Gasteiger partial charge in [0.1, 0.15) is 6.04 Å². The Labute approximate surface area is 127 Å². The minimum absolute atomic E-state index is 0.00782. The number of nitrogens with zero attached hydrogens (tertiary/aromatic N) is 1. The van der Waals surface area contributed by atoms with Gasteiger partial charge < -0.3 is 11.1 Å². The highest BCUT2D eigenvalue weighted by atomic mass is 35.5. The minimum Gasteiger partial charge on any atom is -0.370 e. The number of nitrogens with two attached hydrogens (primary N) is 1. The lowest BCUT2D eigenvalue weighted by Crippen LogP contribution is -2.30. The second-order valence-electron chi connectivity index (χ2n) is 4.68. The number of rotatable bonds is 2. The Morgan fingerprint density at radius 3 is 1.90 bits per heavy atom. The van der Waals surface area contributed by atoms with Crippen LogP contribution in [0.25, 0.3) is 0 Å². The molecule has 3 nitrogen and oxygen atoms in total. The Balaban J connectivity index is 1.95. The normalized spacial score (nSPS) is 21.4.